The Bertz CT molecular complexity index is 279. The molecule has 78 valence electrons. The van der Waals surface area contributed by atoms with E-state index in [1.54, 1.807) is 0 Å². The molecule has 1 nitrogen and oxygen atoms in total. The third kappa shape index (κ3) is 3.42. The van der Waals surface area contributed by atoms with Crippen molar-refractivity contribution < 1.29 is 8.78 Å². The van der Waals surface area contributed by atoms with Crippen molar-refractivity contribution in [3.8, 4) is 0 Å². The summed E-state index contributed by atoms with van der Waals surface area (Å²) in [4.78, 5) is 0. The lowest BCUT2D eigenvalue weighted by Crippen LogP contribution is -2.22. The number of hydrogen-bond donors (Lipinski definition) is 1. The molecule has 0 spiro atoms. The van der Waals surface area contributed by atoms with Crippen molar-refractivity contribution in [2.45, 2.75) is 32.2 Å². The van der Waals surface area contributed by atoms with E-state index in [0.29, 0.717) is 12.0 Å². The summed E-state index contributed by atoms with van der Waals surface area (Å²) in [5, 5.41) is 0. The Morgan fingerprint density at radius 3 is 2.29 bits per heavy atom. The SMILES string of the molecule is CCC[C@H](N)Cc1cc(F)cc(F)c1. The van der Waals surface area contributed by atoms with E-state index in [0.717, 1.165) is 18.9 Å². The maximum atomic E-state index is 12.8. The second-order valence-corrected chi connectivity index (χ2v) is 3.53. The number of nitrogens with two attached hydrogens (primary N) is 1. The minimum Gasteiger partial charge on any atom is -0.327 e. The van der Waals surface area contributed by atoms with Gasteiger partial charge in [-0.15, -0.1) is 0 Å². The van der Waals surface area contributed by atoms with Crippen LogP contribution in [0.2, 0.25) is 0 Å². The summed E-state index contributed by atoms with van der Waals surface area (Å²) < 4.78 is 25.6. The predicted molar refractivity (Wildman–Crippen MR) is 52.9 cm³/mol. The Kier molecular flexibility index (Phi) is 4.01. The van der Waals surface area contributed by atoms with Gasteiger partial charge in [0.25, 0.3) is 0 Å². The van der Waals surface area contributed by atoms with Crippen molar-refractivity contribution in [2.24, 2.45) is 5.73 Å². The molecule has 2 N–H and O–H groups in total. The number of benzene rings is 1. The van der Waals surface area contributed by atoms with Crippen molar-refractivity contribution >= 4 is 0 Å². The van der Waals surface area contributed by atoms with E-state index in [4.69, 9.17) is 5.73 Å². The zero-order valence-electron chi connectivity index (χ0n) is 8.26. The fourth-order valence-electron chi connectivity index (χ4n) is 1.50. The molecule has 0 bridgehead atoms. The van der Waals surface area contributed by atoms with E-state index in [1.807, 2.05) is 6.92 Å². The molecule has 0 aliphatic heterocycles. The van der Waals surface area contributed by atoms with E-state index < -0.39 is 11.6 Å². The van der Waals surface area contributed by atoms with Crippen LogP contribution < -0.4 is 5.73 Å². The quantitative estimate of drug-likeness (QED) is 0.792. The first-order chi connectivity index (χ1) is 6.61. The van der Waals surface area contributed by atoms with Gasteiger partial charge in [-0.3, -0.25) is 0 Å². The van der Waals surface area contributed by atoms with Gasteiger partial charge in [-0.25, -0.2) is 8.78 Å². The van der Waals surface area contributed by atoms with Crippen LogP contribution in [0.1, 0.15) is 25.3 Å². The average molecular weight is 199 g/mol. The lowest BCUT2D eigenvalue weighted by Gasteiger charge is -2.10. The van der Waals surface area contributed by atoms with Gasteiger partial charge >= 0.3 is 0 Å². The van der Waals surface area contributed by atoms with Gasteiger partial charge in [-0.05, 0) is 30.5 Å². The van der Waals surface area contributed by atoms with Crippen LogP contribution in [0.3, 0.4) is 0 Å². The van der Waals surface area contributed by atoms with E-state index in [9.17, 15) is 8.78 Å². The van der Waals surface area contributed by atoms with Gasteiger partial charge < -0.3 is 5.73 Å². The van der Waals surface area contributed by atoms with Gasteiger partial charge in [-0.2, -0.15) is 0 Å². The fraction of sp³-hybridized carbons (Fsp3) is 0.455. The van der Waals surface area contributed by atoms with Gasteiger partial charge in [-0.1, -0.05) is 13.3 Å². The highest BCUT2D eigenvalue weighted by Crippen LogP contribution is 2.11. The van der Waals surface area contributed by atoms with Crippen LogP contribution in [0.5, 0.6) is 0 Å². The van der Waals surface area contributed by atoms with Crippen LogP contribution in [-0.2, 0) is 6.42 Å². The summed E-state index contributed by atoms with van der Waals surface area (Å²) in [5.41, 5.74) is 6.40. The number of rotatable bonds is 4. The molecule has 0 unspecified atom stereocenters. The van der Waals surface area contributed by atoms with Crippen molar-refractivity contribution in [2.75, 3.05) is 0 Å². The molecule has 1 aromatic rings. The van der Waals surface area contributed by atoms with Gasteiger partial charge in [0.2, 0.25) is 0 Å². The second kappa shape index (κ2) is 5.05. The van der Waals surface area contributed by atoms with E-state index in [1.165, 1.54) is 12.1 Å². The molecule has 0 aliphatic rings. The van der Waals surface area contributed by atoms with Gasteiger partial charge in [0.15, 0.2) is 0 Å². The number of hydrogen-bond acceptors (Lipinski definition) is 1. The zero-order valence-corrected chi connectivity index (χ0v) is 8.26. The molecular weight excluding hydrogens is 184 g/mol. The van der Waals surface area contributed by atoms with Crippen molar-refractivity contribution in [1.82, 2.24) is 0 Å². The summed E-state index contributed by atoms with van der Waals surface area (Å²) >= 11 is 0. The van der Waals surface area contributed by atoms with Crippen molar-refractivity contribution in [1.29, 1.82) is 0 Å². The highest BCUT2D eigenvalue weighted by molar-refractivity contribution is 5.18. The normalized spacial score (nSPS) is 12.9. The third-order valence-corrected chi connectivity index (χ3v) is 2.08. The molecule has 0 fully saturated rings. The third-order valence-electron chi connectivity index (χ3n) is 2.08. The molecule has 0 heterocycles. The van der Waals surface area contributed by atoms with E-state index >= 15 is 0 Å². The summed E-state index contributed by atoms with van der Waals surface area (Å²) in [6.45, 7) is 2.03. The Morgan fingerprint density at radius 2 is 1.79 bits per heavy atom. The number of halogens is 2. The molecule has 0 radical (unpaired) electrons. The fourth-order valence-corrected chi connectivity index (χ4v) is 1.50. The second-order valence-electron chi connectivity index (χ2n) is 3.53. The predicted octanol–water partition coefficient (Wildman–Crippen LogP) is 2.63. The summed E-state index contributed by atoms with van der Waals surface area (Å²) in [7, 11) is 0. The molecule has 1 aromatic carbocycles. The highest BCUT2D eigenvalue weighted by Gasteiger charge is 2.05. The van der Waals surface area contributed by atoms with Crippen molar-refractivity contribution in [3.05, 3.63) is 35.4 Å². The van der Waals surface area contributed by atoms with Crippen LogP contribution in [0.25, 0.3) is 0 Å². The minimum absolute atomic E-state index is 0.0128. The first-order valence-electron chi connectivity index (χ1n) is 4.82. The molecule has 1 rings (SSSR count). The van der Waals surface area contributed by atoms with E-state index in [2.05, 4.69) is 0 Å². The van der Waals surface area contributed by atoms with Gasteiger partial charge in [0.1, 0.15) is 11.6 Å². The summed E-state index contributed by atoms with van der Waals surface area (Å²) in [5.74, 6) is -1.08. The van der Waals surface area contributed by atoms with E-state index in [-0.39, 0.29) is 6.04 Å². The van der Waals surface area contributed by atoms with Crippen LogP contribution >= 0.6 is 0 Å². The Balaban J connectivity index is 2.66. The van der Waals surface area contributed by atoms with Crippen molar-refractivity contribution in [3.63, 3.8) is 0 Å². The first-order valence-corrected chi connectivity index (χ1v) is 4.82. The largest absolute Gasteiger partial charge is 0.327 e. The maximum absolute atomic E-state index is 12.8. The molecule has 0 saturated carbocycles. The maximum Gasteiger partial charge on any atom is 0.126 e. The molecule has 0 aliphatic carbocycles. The molecule has 14 heavy (non-hydrogen) atoms. The highest BCUT2D eigenvalue weighted by atomic mass is 19.1. The average Bonchev–Trinajstić information content (AvgIpc) is 2.01. The first kappa shape index (κ1) is 11.1. The molecule has 1 atom stereocenters. The molecular formula is C11H15F2N. The zero-order chi connectivity index (χ0) is 10.6. The Hall–Kier alpha value is -0.960. The smallest absolute Gasteiger partial charge is 0.126 e. The standard InChI is InChI=1S/C11H15F2N/c1-2-3-11(14)6-8-4-9(12)7-10(13)5-8/h4-5,7,11H,2-3,6,14H2,1H3/t11-/m0/s1. The topological polar surface area (TPSA) is 26.0 Å². The summed E-state index contributed by atoms with van der Waals surface area (Å²) in [6, 6.07) is 3.52. The Morgan fingerprint density at radius 1 is 1.21 bits per heavy atom. The van der Waals surface area contributed by atoms with Crippen LogP contribution in [0.15, 0.2) is 18.2 Å². The van der Waals surface area contributed by atoms with Crippen LogP contribution in [0, 0.1) is 11.6 Å². The van der Waals surface area contributed by atoms with Crippen LogP contribution in [-0.4, -0.2) is 6.04 Å². The van der Waals surface area contributed by atoms with Crippen LogP contribution in [0.4, 0.5) is 8.78 Å². The monoisotopic (exact) mass is 199 g/mol. The van der Waals surface area contributed by atoms with Gasteiger partial charge in [0, 0.05) is 12.1 Å². The molecule has 0 saturated heterocycles. The Labute approximate surface area is 82.9 Å². The summed E-state index contributed by atoms with van der Waals surface area (Å²) in [6.07, 6.45) is 2.39. The molecule has 3 heteroatoms. The molecule has 0 amide bonds. The van der Waals surface area contributed by atoms with Gasteiger partial charge in [0.05, 0.1) is 0 Å². The lowest BCUT2D eigenvalue weighted by atomic mass is 10.0. The molecule has 0 aromatic heterocycles. The minimum atomic E-state index is -0.538. The lowest BCUT2D eigenvalue weighted by molar-refractivity contribution is 0.566.